The van der Waals surface area contributed by atoms with Crippen molar-refractivity contribution in [3.8, 4) is 0 Å². The van der Waals surface area contributed by atoms with Crippen molar-refractivity contribution in [2.75, 3.05) is 0 Å². The first-order chi connectivity index (χ1) is 7.83. The van der Waals surface area contributed by atoms with E-state index in [-0.39, 0.29) is 0 Å². The first-order valence-electron chi connectivity index (χ1n) is 5.12. The number of para-hydroxylation sites is 2. The van der Waals surface area contributed by atoms with E-state index in [9.17, 15) is 0 Å². The van der Waals surface area contributed by atoms with Gasteiger partial charge >= 0.3 is 0 Å². The summed E-state index contributed by atoms with van der Waals surface area (Å²) >= 11 is 3.60. The molecule has 0 fully saturated rings. The minimum atomic E-state index is 1.10. The molecule has 0 N–H and O–H groups in total. The molecule has 0 saturated carbocycles. The molecule has 0 aliphatic rings. The number of rotatable bonds is 1. The number of hydrogen-bond donors (Lipinski definition) is 0. The summed E-state index contributed by atoms with van der Waals surface area (Å²) in [5, 5.41) is 2.52. The van der Waals surface area contributed by atoms with Crippen LogP contribution in [0.2, 0.25) is 0 Å². The molecule has 0 amide bonds. The summed E-state index contributed by atoms with van der Waals surface area (Å²) in [5.74, 6) is 0. The van der Waals surface area contributed by atoms with Gasteiger partial charge in [0.1, 0.15) is 0 Å². The smallest absolute Gasteiger partial charge is 0.0676 e. The summed E-state index contributed by atoms with van der Waals surface area (Å²) in [6, 6.07) is 14.6. The molecule has 78 valence electrons. The third-order valence-corrected chi connectivity index (χ3v) is 3.50. The zero-order chi connectivity index (χ0) is 11.1. The molecule has 0 bridgehead atoms. The van der Waals surface area contributed by atoms with Crippen LogP contribution in [0.25, 0.3) is 28.0 Å². The molecule has 0 aliphatic carbocycles. The number of nitrogens with zero attached hydrogens (tertiary/aromatic N) is 1. The predicted octanol–water partition coefficient (Wildman–Crippen LogP) is 4.66. The van der Waals surface area contributed by atoms with E-state index in [1.165, 1.54) is 21.8 Å². The van der Waals surface area contributed by atoms with Gasteiger partial charge < -0.3 is 4.57 Å². The van der Waals surface area contributed by atoms with Crippen molar-refractivity contribution in [1.82, 2.24) is 4.57 Å². The normalized spacial score (nSPS) is 11.1. The molecule has 0 spiro atoms. The van der Waals surface area contributed by atoms with Crippen LogP contribution < -0.4 is 0 Å². The second-order valence-electron chi connectivity index (χ2n) is 3.71. The molecule has 0 saturated heterocycles. The van der Waals surface area contributed by atoms with E-state index in [0.717, 1.165) is 4.47 Å². The van der Waals surface area contributed by atoms with Crippen LogP contribution in [0.1, 0.15) is 0 Å². The fourth-order valence-corrected chi connectivity index (χ4v) is 2.76. The van der Waals surface area contributed by atoms with E-state index in [2.05, 4.69) is 69.5 Å². The van der Waals surface area contributed by atoms with Crippen LogP contribution in [0, 0.1) is 0 Å². The van der Waals surface area contributed by atoms with E-state index in [4.69, 9.17) is 0 Å². The van der Waals surface area contributed by atoms with Crippen LogP contribution in [-0.2, 0) is 0 Å². The molecular weight excluding hydrogens is 262 g/mol. The third kappa shape index (κ3) is 1.17. The van der Waals surface area contributed by atoms with Crippen molar-refractivity contribution >= 4 is 43.9 Å². The Morgan fingerprint density at radius 1 is 1.00 bits per heavy atom. The molecule has 2 aromatic carbocycles. The first kappa shape index (κ1) is 9.67. The highest BCUT2D eigenvalue weighted by molar-refractivity contribution is 9.10. The van der Waals surface area contributed by atoms with Gasteiger partial charge in [-0.2, -0.15) is 0 Å². The molecular formula is C14H10BrN. The largest absolute Gasteiger partial charge is 0.315 e. The fraction of sp³-hybridized carbons (Fsp3) is 0. The third-order valence-electron chi connectivity index (χ3n) is 2.86. The molecule has 0 atom stereocenters. The van der Waals surface area contributed by atoms with Gasteiger partial charge in [-0.1, -0.05) is 36.9 Å². The lowest BCUT2D eigenvalue weighted by atomic mass is 10.2. The van der Waals surface area contributed by atoms with E-state index in [0.29, 0.717) is 0 Å². The molecule has 0 aliphatic heterocycles. The SMILES string of the molecule is C=Cn1c2ccccc2c2cccc(Br)c21. The van der Waals surface area contributed by atoms with E-state index in [1.54, 1.807) is 0 Å². The topological polar surface area (TPSA) is 4.93 Å². The van der Waals surface area contributed by atoms with Gasteiger partial charge in [-0.3, -0.25) is 0 Å². The summed E-state index contributed by atoms with van der Waals surface area (Å²) in [5.41, 5.74) is 2.37. The molecule has 0 unspecified atom stereocenters. The van der Waals surface area contributed by atoms with Gasteiger partial charge in [0.15, 0.2) is 0 Å². The average molecular weight is 272 g/mol. The van der Waals surface area contributed by atoms with Crippen molar-refractivity contribution in [3.63, 3.8) is 0 Å². The van der Waals surface area contributed by atoms with Crippen LogP contribution in [0.5, 0.6) is 0 Å². The standard InChI is InChI=1S/C14H10BrN/c1-2-16-13-9-4-3-6-10(13)11-7-5-8-12(15)14(11)16/h2-9H,1H2. The predicted molar refractivity (Wildman–Crippen MR) is 73.5 cm³/mol. The Labute approximate surface area is 102 Å². The Bertz CT molecular complexity index is 694. The average Bonchev–Trinajstić information content (AvgIpc) is 2.65. The van der Waals surface area contributed by atoms with E-state index < -0.39 is 0 Å². The lowest BCUT2D eigenvalue weighted by Gasteiger charge is -2.00. The maximum absolute atomic E-state index is 3.89. The van der Waals surface area contributed by atoms with E-state index in [1.807, 2.05) is 6.20 Å². The van der Waals surface area contributed by atoms with Crippen LogP contribution in [0.15, 0.2) is 53.5 Å². The number of aromatic nitrogens is 1. The fourth-order valence-electron chi connectivity index (χ4n) is 2.20. The summed E-state index contributed by atoms with van der Waals surface area (Å²) in [6.07, 6.45) is 1.86. The maximum atomic E-state index is 3.89. The molecule has 3 rings (SSSR count). The van der Waals surface area contributed by atoms with Crippen molar-refractivity contribution in [1.29, 1.82) is 0 Å². The Morgan fingerprint density at radius 3 is 2.56 bits per heavy atom. The van der Waals surface area contributed by atoms with Crippen molar-refractivity contribution in [2.24, 2.45) is 0 Å². The Hall–Kier alpha value is -1.54. The highest BCUT2D eigenvalue weighted by Gasteiger charge is 2.09. The van der Waals surface area contributed by atoms with Crippen molar-refractivity contribution in [3.05, 3.63) is 53.5 Å². The summed E-state index contributed by atoms with van der Waals surface area (Å²) in [4.78, 5) is 0. The lowest BCUT2D eigenvalue weighted by molar-refractivity contribution is 1.29. The molecule has 2 heteroatoms. The second kappa shape index (κ2) is 3.49. The summed E-state index contributed by atoms with van der Waals surface area (Å²) < 4.78 is 3.22. The molecule has 16 heavy (non-hydrogen) atoms. The Kier molecular flexibility index (Phi) is 2.11. The molecule has 1 nitrogen and oxygen atoms in total. The van der Waals surface area contributed by atoms with Gasteiger partial charge in [0.2, 0.25) is 0 Å². The van der Waals surface area contributed by atoms with Crippen LogP contribution >= 0.6 is 15.9 Å². The molecule has 3 aromatic rings. The van der Waals surface area contributed by atoms with Gasteiger partial charge in [0, 0.05) is 21.4 Å². The van der Waals surface area contributed by atoms with Crippen molar-refractivity contribution < 1.29 is 0 Å². The Morgan fingerprint density at radius 2 is 1.75 bits per heavy atom. The molecule has 0 radical (unpaired) electrons. The van der Waals surface area contributed by atoms with E-state index >= 15 is 0 Å². The molecule has 1 heterocycles. The lowest BCUT2D eigenvalue weighted by Crippen LogP contribution is -1.84. The monoisotopic (exact) mass is 271 g/mol. The number of benzene rings is 2. The summed E-state index contributed by atoms with van der Waals surface area (Å²) in [7, 11) is 0. The van der Waals surface area contributed by atoms with Gasteiger partial charge in [-0.15, -0.1) is 0 Å². The van der Waals surface area contributed by atoms with Gasteiger partial charge in [-0.25, -0.2) is 0 Å². The van der Waals surface area contributed by atoms with Gasteiger partial charge in [-0.05, 0) is 28.1 Å². The number of halogens is 1. The van der Waals surface area contributed by atoms with Crippen molar-refractivity contribution in [2.45, 2.75) is 0 Å². The first-order valence-corrected chi connectivity index (χ1v) is 5.92. The van der Waals surface area contributed by atoms with Crippen LogP contribution in [0.3, 0.4) is 0 Å². The maximum Gasteiger partial charge on any atom is 0.0676 e. The summed E-state index contributed by atoms with van der Waals surface area (Å²) in [6.45, 7) is 3.89. The molecule has 1 aromatic heterocycles. The zero-order valence-corrected chi connectivity index (χ0v) is 10.2. The zero-order valence-electron chi connectivity index (χ0n) is 8.65. The number of hydrogen-bond acceptors (Lipinski definition) is 0. The van der Waals surface area contributed by atoms with Gasteiger partial charge in [0.25, 0.3) is 0 Å². The minimum absolute atomic E-state index is 1.10. The minimum Gasteiger partial charge on any atom is -0.315 e. The van der Waals surface area contributed by atoms with Crippen LogP contribution in [0.4, 0.5) is 0 Å². The highest BCUT2D eigenvalue weighted by Crippen LogP contribution is 2.33. The highest BCUT2D eigenvalue weighted by atomic mass is 79.9. The quantitative estimate of drug-likeness (QED) is 0.607. The van der Waals surface area contributed by atoms with Gasteiger partial charge in [0.05, 0.1) is 11.0 Å². The van der Waals surface area contributed by atoms with Crippen LogP contribution in [-0.4, -0.2) is 4.57 Å². The Balaban J connectivity index is 2.70. The number of fused-ring (bicyclic) bond motifs is 3. The second-order valence-corrected chi connectivity index (χ2v) is 4.56.